The standard InChI is InChI=1S/C60H40N2O2/c1-63-43-25-21-37(22-26-43)47-30-39-29-40-31-48(38-23-27-44(64-2)28-24-38)52-34-56-46-18-10-12-20-58(46)62(42-15-7-4-8-16-42)60(56)36-54(52)50(40)32-49(39)53-35-59-55(33-51(47)53)45-17-9-11-19-57(45)61(59)41-13-5-3-6-14-41/h3-36H,1-2H3. The lowest BCUT2D eigenvalue weighted by Crippen LogP contribution is -1.94. The van der Waals surface area contributed by atoms with Gasteiger partial charge in [0.05, 0.1) is 36.3 Å². The Balaban J connectivity index is 1.20. The first-order chi connectivity index (χ1) is 31.6. The number of hydrogen-bond acceptors (Lipinski definition) is 2. The first-order valence-corrected chi connectivity index (χ1v) is 21.8. The molecule has 0 saturated heterocycles. The first-order valence-electron chi connectivity index (χ1n) is 21.8. The summed E-state index contributed by atoms with van der Waals surface area (Å²) in [7, 11) is 3.45. The Kier molecular flexibility index (Phi) is 8.00. The minimum Gasteiger partial charge on any atom is -0.497 e. The van der Waals surface area contributed by atoms with Crippen LogP contribution in [0.1, 0.15) is 0 Å². The van der Waals surface area contributed by atoms with Crippen LogP contribution in [0.4, 0.5) is 0 Å². The average molecular weight is 821 g/mol. The van der Waals surface area contributed by atoms with Crippen molar-refractivity contribution in [3.8, 4) is 45.1 Å². The van der Waals surface area contributed by atoms with E-state index >= 15 is 0 Å². The van der Waals surface area contributed by atoms with Gasteiger partial charge < -0.3 is 18.6 Å². The molecular weight excluding hydrogens is 781 g/mol. The molecule has 0 amide bonds. The van der Waals surface area contributed by atoms with Crippen molar-refractivity contribution in [1.82, 2.24) is 9.13 Å². The molecule has 0 saturated carbocycles. The predicted octanol–water partition coefficient (Wildman–Crippen LogP) is 15.8. The number of para-hydroxylation sites is 4. The summed E-state index contributed by atoms with van der Waals surface area (Å²) < 4.78 is 16.1. The summed E-state index contributed by atoms with van der Waals surface area (Å²) in [6, 6.07) is 75.5. The van der Waals surface area contributed by atoms with Gasteiger partial charge in [0.2, 0.25) is 0 Å². The van der Waals surface area contributed by atoms with Crippen molar-refractivity contribution in [3.05, 3.63) is 206 Å². The molecule has 0 bridgehead atoms. The Morgan fingerprint density at radius 3 is 1.09 bits per heavy atom. The number of nitrogens with zero attached hydrogens (tertiary/aromatic N) is 2. The molecule has 0 atom stereocenters. The van der Waals surface area contributed by atoms with Gasteiger partial charge in [-0.15, -0.1) is 0 Å². The van der Waals surface area contributed by atoms with E-state index < -0.39 is 0 Å². The van der Waals surface area contributed by atoms with Crippen molar-refractivity contribution in [2.45, 2.75) is 0 Å². The molecule has 2 heterocycles. The van der Waals surface area contributed by atoms with E-state index in [1.54, 1.807) is 14.2 Å². The third kappa shape index (κ3) is 5.42. The van der Waals surface area contributed by atoms with E-state index in [2.05, 4.69) is 215 Å². The van der Waals surface area contributed by atoms with Crippen LogP contribution in [-0.4, -0.2) is 23.4 Å². The zero-order chi connectivity index (χ0) is 42.5. The molecule has 0 aliphatic rings. The summed E-state index contributed by atoms with van der Waals surface area (Å²) in [5.74, 6) is 1.68. The number of methoxy groups -OCH3 is 2. The topological polar surface area (TPSA) is 28.3 Å². The van der Waals surface area contributed by atoms with E-state index in [0.717, 1.165) is 34.0 Å². The van der Waals surface area contributed by atoms with Crippen molar-refractivity contribution in [3.63, 3.8) is 0 Å². The van der Waals surface area contributed by atoms with Gasteiger partial charge in [0.1, 0.15) is 11.5 Å². The molecule has 2 aromatic heterocycles. The van der Waals surface area contributed by atoms with Crippen molar-refractivity contribution < 1.29 is 9.47 Å². The second-order valence-electron chi connectivity index (χ2n) is 16.8. The van der Waals surface area contributed by atoms with Crippen molar-refractivity contribution in [1.29, 1.82) is 0 Å². The van der Waals surface area contributed by atoms with Crippen LogP contribution in [-0.2, 0) is 0 Å². The predicted molar refractivity (Wildman–Crippen MR) is 269 cm³/mol. The highest BCUT2D eigenvalue weighted by molar-refractivity contribution is 6.27. The fourth-order valence-electron chi connectivity index (χ4n) is 10.5. The molecule has 0 fully saturated rings. The average Bonchev–Trinajstić information content (AvgIpc) is 3.86. The Morgan fingerprint density at radius 2 is 0.672 bits per heavy atom. The van der Waals surface area contributed by atoms with Crippen LogP contribution in [0, 0.1) is 0 Å². The fraction of sp³-hybridized carbons (Fsp3) is 0.0333. The fourth-order valence-corrected chi connectivity index (χ4v) is 10.5. The van der Waals surface area contributed by atoms with Crippen LogP contribution < -0.4 is 9.47 Å². The highest BCUT2D eigenvalue weighted by atomic mass is 16.5. The Bertz CT molecular complexity index is 3740. The molecular formula is C60H40N2O2. The molecule has 11 aromatic carbocycles. The number of aromatic nitrogens is 2. The van der Waals surface area contributed by atoms with Gasteiger partial charge in [-0.25, -0.2) is 0 Å². The van der Waals surface area contributed by atoms with E-state index in [1.165, 1.54) is 97.8 Å². The summed E-state index contributed by atoms with van der Waals surface area (Å²) >= 11 is 0. The minimum atomic E-state index is 0.839. The third-order valence-electron chi connectivity index (χ3n) is 13.4. The summed E-state index contributed by atoms with van der Waals surface area (Å²) in [5, 5.41) is 14.6. The third-order valence-corrected chi connectivity index (χ3v) is 13.4. The zero-order valence-corrected chi connectivity index (χ0v) is 35.3. The van der Waals surface area contributed by atoms with Gasteiger partial charge in [-0.05, 0) is 175 Å². The number of fused-ring (bicyclic) bond motifs is 12. The van der Waals surface area contributed by atoms with Crippen molar-refractivity contribution in [2.24, 2.45) is 0 Å². The van der Waals surface area contributed by atoms with E-state index in [-0.39, 0.29) is 0 Å². The summed E-state index contributed by atoms with van der Waals surface area (Å²) in [6.07, 6.45) is 0. The molecule has 0 unspecified atom stereocenters. The van der Waals surface area contributed by atoms with Crippen LogP contribution >= 0.6 is 0 Å². The molecule has 64 heavy (non-hydrogen) atoms. The van der Waals surface area contributed by atoms with Gasteiger partial charge in [0.25, 0.3) is 0 Å². The van der Waals surface area contributed by atoms with E-state index in [9.17, 15) is 0 Å². The Labute approximate surface area is 369 Å². The van der Waals surface area contributed by atoms with E-state index in [1.807, 2.05) is 0 Å². The molecule has 0 aliphatic heterocycles. The van der Waals surface area contributed by atoms with Crippen LogP contribution in [0.5, 0.6) is 11.5 Å². The highest BCUT2D eigenvalue weighted by Gasteiger charge is 2.20. The molecule has 4 nitrogen and oxygen atoms in total. The van der Waals surface area contributed by atoms with Crippen LogP contribution in [0.15, 0.2) is 206 Å². The molecule has 0 N–H and O–H groups in total. The maximum Gasteiger partial charge on any atom is 0.118 e. The van der Waals surface area contributed by atoms with Crippen LogP contribution in [0.25, 0.3) is 120 Å². The molecule has 13 aromatic rings. The molecule has 0 radical (unpaired) electrons. The lowest BCUT2D eigenvalue weighted by molar-refractivity contribution is 0.415. The SMILES string of the molecule is COc1ccc(-c2cc3cc4cc(-c5ccc(OC)cc5)c5cc6c7ccccc7n(-c7ccccc7)c6cc5c4cc3c3cc4c(cc23)c2ccccc2n4-c2ccccc2)cc1. The first kappa shape index (κ1) is 36.3. The Hall–Kier alpha value is -8.34. The molecule has 302 valence electrons. The lowest BCUT2D eigenvalue weighted by Gasteiger charge is -2.17. The van der Waals surface area contributed by atoms with Gasteiger partial charge in [0.15, 0.2) is 0 Å². The van der Waals surface area contributed by atoms with Gasteiger partial charge in [-0.3, -0.25) is 0 Å². The summed E-state index contributed by atoms with van der Waals surface area (Å²) in [6.45, 7) is 0. The maximum absolute atomic E-state index is 5.62. The van der Waals surface area contributed by atoms with Crippen molar-refractivity contribution >= 4 is 86.7 Å². The number of hydrogen-bond donors (Lipinski definition) is 0. The molecule has 13 rings (SSSR count). The van der Waals surface area contributed by atoms with E-state index in [0.29, 0.717) is 0 Å². The van der Waals surface area contributed by atoms with Gasteiger partial charge in [0, 0.05) is 32.9 Å². The summed E-state index contributed by atoms with van der Waals surface area (Å²) in [4.78, 5) is 0. The quantitative estimate of drug-likeness (QED) is 0.123. The van der Waals surface area contributed by atoms with Gasteiger partial charge >= 0.3 is 0 Å². The smallest absolute Gasteiger partial charge is 0.118 e. The van der Waals surface area contributed by atoms with Crippen LogP contribution in [0.2, 0.25) is 0 Å². The molecule has 0 aliphatic carbocycles. The molecule has 4 heteroatoms. The highest BCUT2D eigenvalue weighted by Crippen LogP contribution is 2.46. The normalized spacial score (nSPS) is 11.9. The second kappa shape index (κ2) is 14.1. The maximum atomic E-state index is 5.62. The van der Waals surface area contributed by atoms with E-state index in [4.69, 9.17) is 9.47 Å². The monoisotopic (exact) mass is 820 g/mol. The zero-order valence-electron chi connectivity index (χ0n) is 35.3. The largest absolute Gasteiger partial charge is 0.497 e. The Morgan fingerprint density at radius 1 is 0.281 bits per heavy atom. The van der Waals surface area contributed by atoms with Crippen molar-refractivity contribution in [2.75, 3.05) is 14.2 Å². The number of benzene rings is 11. The minimum absolute atomic E-state index is 0.839. The number of ether oxygens (including phenoxy) is 2. The van der Waals surface area contributed by atoms with Crippen LogP contribution in [0.3, 0.4) is 0 Å². The summed E-state index contributed by atoms with van der Waals surface area (Å²) in [5.41, 5.74) is 11.7. The lowest BCUT2D eigenvalue weighted by atomic mass is 9.88. The second-order valence-corrected chi connectivity index (χ2v) is 16.8. The van der Waals surface area contributed by atoms with Gasteiger partial charge in [-0.2, -0.15) is 0 Å². The number of rotatable bonds is 6. The molecule has 0 spiro atoms. The van der Waals surface area contributed by atoms with Gasteiger partial charge in [-0.1, -0.05) is 97.1 Å².